The number of thioether (sulfide) groups is 1. The molecule has 0 fully saturated rings. The first kappa shape index (κ1) is 20.1. The second-order valence-electron chi connectivity index (χ2n) is 7.19. The van der Waals surface area contributed by atoms with Crippen molar-refractivity contribution in [3.63, 3.8) is 0 Å². The number of hydrogen-bond acceptors (Lipinski definition) is 6. The van der Waals surface area contributed by atoms with Crippen LogP contribution in [-0.4, -0.2) is 21.9 Å². The molecule has 0 aliphatic heterocycles. The van der Waals surface area contributed by atoms with Crippen LogP contribution >= 0.6 is 11.8 Å². The van der Waals surface area contributed by atoms with Crippen LogP contribution < -0.4 is 5.32 Å². The maximum Gasteiger partial charge on any atom is 0.283 e. The number of rotatable bonds is 7. The van der Waals surface area contributed by atoms with Crippen molar-refractivity contribution in [2.45, 2.75) is 5.75 Å². The van der Waals surface area contributed by atoms with Crippen molar-refractivity contribution >= 4 is 34.1 Å². The van der Waals surface area contributed by atoms with Gasteiger partial charge in [0, 0.05) is 17.0 Å². The molecule has 0 unspecified atom stereocenters. The number of amides is 1. The largest absolute Gasteiger partial charge is 0.459 e. The van der Waals surface area contributed by atoms with E-state index in [4.69, 9.17) is 8.83 Å². The predicted molar refractivity (Wildman–Crippen MR) is 126 cm³/mol. The molecule has 7 heteroatoms. The Morgan fingerprint density at radius 3 is 2.62 bits per heavy atom. The predicted octanol–water partition coefficient (Wildman–Crippen LogP) is 6.02. The van der Waals surface area contributed by atoms with Gasteiger partial charge in [0.05, 0.1) is 12.0 Å². The first-order valence-corrected chi connectivity index (χ1v) is 11.2. The molecular formula is C25H19N3O3S. The summed E-state index contributed by atoms with van der Waals surface area (Å²) in [6.45, 7) is 0. The van der Waals surface area contributed by atoms with Crippen molar-refractivity contribution in [3.05, 3.63) is 90.7 Å². The van der Waals surface area contributed by atoms with E-state index in [1.54, 1.807) is 30.2 Å². The van der Waals surface area contributed by atoms with Gasteiger partial charge in [-0.1, -0.05) is 48.5 Å². The number of carbonyl (C=O) groups excluding carboxylic acids is 1. The van der Waals surface area contributed by atoms with E-state index in [0.717, 1.165) is 11.3 Å². The summed E-state index contributed by atoms with van der Waals surface area (Å²) in [7, 11) is 0. The maximum atomic E-state index is 12.4. The van der Waals surface area contributed by atoms with Crippen LogP contribution in [0, 0.1) is 0 Å². The third-order valence-corrected chi connectivity index (χ3v) is 5.87. The zero-order valence-electron chi connectivity index (χ0n) is 17.0. The molecule has 1 amide bonds. The Morgan fingerprint density at radius 1 is 0.875 bits per heavy atom. The van der Waals surface area contributed by atoms with Crippen LogP contribution in [0.5, 0.6) is 0 Å². The quantitative estimate of drug-likeness (QED) is 0.332. The molecule has 158 valence electrons. The normalized spacial score (nSPS) is 11.0. The summed E-state index contributed by atoms with van der Waals surface area (Å²) in [5.41, 5.74) is 2.60. The molecule has 0 aliphatic carbocycles. The second kappa shape index (κ2) is 9.11. The highest BCUT2D eigenvalue weighted by Gasteiger charge is 2.13. The van der Waals surface area contributed by atoms with Gasteiger partial charge in [0.1, 0.15) is 0 Å². The molecule has 2 aromatic heterocycles. The van der Waals surface area contributed by atoms with Crippen LogP contribution in [0.25, 0.3) is 33.9 Å². The van der Waals surface area contributed by atoms with Crippen molar-refractivity contribution in [2.75, 3.05) is 11.1 Å². The van der Waals surface area contributed by atoms with Gasteiger partial charge in [-0.15, -0.1) is 22.0 Å². The van der Waals surface area contributed by atoms with Crippen LogP contribution in [-0.2, 0) is 10.5 Å². The van der Waals surface area contributed by atoms with E-state index in [9.17, 15) is 4.79 Å². The number of anilines is 1. The number of benzene rings is 3. The van der Waals surface area contributed by atoms with Crippen molar-refractivity contribution in [3.8, 4) is 23.1 Å². The molecule has 0 saturated carbocycles. The van der Waals surface area contributed by atoms with E-state index in [1.807, 2.05) is 36.4 Å². The number of carbonyl (C=O) groups is 1. The minimum Gasteiger partial charge on any atom is -0.459 e. The van der Waals surface area contributed by atoms with Crippen molar-refractivity contribution in [1.82, 2.24) is 10.2 Å². The third-order valence-electron chi connectivity index (χ3n) is 4.87. The Labute approximate surface area is 188 Å². The zero-order valence-corrected chi connectivity index (χ0v) is 17.8. The van der Waals surface area contributed by atoms with E-state index < -0.39 is 0 Å². The fourth-order valence-corrected chi connectivity index (χ4v) is 4.13. The van der Waals surface area contributed by atoms with Gasteiger partial charge in [0.2, 0.25) is 11.8 Å². The topological polar surface area (TPSA) is 81.2 Å². The lowest BCUT2D eigenvalue weighted by atomic mass is 10.1. The fourth-order valence-electron chi connectivity index (χ4n) is 3.36. The Morgan fingerprint density at radius 2 is 1.75 bits per heavy atom. The molecule has 2 heterocycles. The summed E-state index contributed by atoms with van der Waals surface area (Å²) in [6, 6.07) is 25.5. The Hall–Kier alpha value is -3.84. The third kappa shape index (κ3) is 4.58. The monoisotopic (exact) mass is 441 g/mol. The maximum absolute atomic E-state index is 12.4. The minimum absolute atomic E-state index is 0.0604. The van der Waals surface area contributed by atoms with Crippen LogP contribution in [0.15, 0.2) is 94.0 Å². The smallest absolute Gasteiger partial charge is 0.283 e. The zero-order chi connectivity index (χ0) is 21.8. The summed E-state index contributed by atoms with van der Waals surface area (Å²) in [6.07, 6.45) is 1.55. The molecule has 0 aliphatic rings. The highest BCUT2D eigenvalue weighted by molar-refractivity contribution is 7.99. The van der Waals surface area contributed by atoms with E-state index in [0.29, 0.717) is 29.0 Å². The first-order chi connectivity index (χ1) is 15.7. The molecule has 0 atom stereocenters. The average Bonchev–Trinajstić information content (AvgIpc) is 3.51. The van der Waals surface area contributed by atoms with Gasteiger partial charge in [-0.3, -0.25) is 4.79 Å². The van der Waals surface area contributed by atoms with Gasteiger partial charge in [-0.25, -0.2) is 0 Å². The Kier molecular flexibility index (Phi) is 5.72. The first-order valence-electron chi connectivity index (χ1n) is 10.1. The Bertz CT molecular complexity index is 1360. The van der Waals surface area contributed by atoms with E-state index in [2.05, 4.69) is 45.8 Å². The molecule has 0 spiro atoms. The van der Waals surface area contributed by atoms with Gasteiger partial charge < -0.3 is 14.2 Å². The summed E-state index contributed by atoms with van der Waals surface area (Å²) in [5, 5.41) is 13.5. The molecule has 32 heavy (non-hydrogen) atoms. The highest BCUT2D eigenvalue weighted by atomic mass is 32.2. The highest BCUT2D eigenvalue weighted by Crippen LogP contribution is 2.26. The SMILES string of the molecule is O=C(CSCc1ccc2ccccc2c1)Nc1cccc(-c2nnc(-c3ccco3)o2)c1. The molecular weight excluding hydrogens is 422 g/mol. The summed E-state index contributed by atoms with van der Waals surface area (Å²) < 4.78 is 11.0. The van der Waals surface area contributed by atoms with Gasteiger partial charge in [0.25, 0.3) is 5.89 Å². The number of hydrogen-bond donors (Lipinski definition) is 1. The van der Waals surface area contributed by atoms with Gasteiger partial charge >= 0.3 is 0 Å². The number of aromatic nitrogens is 2. The molecule has 5 rings (SSSR count). The lowest BCUT2D eigenvalue weighted by molar-refractivity contribution is -0.113. The molecule has 5 aromatic rings. The standard InChI is InChI=1S/C25H19N3O3S/c29-23(16-32-15-17-10-11-18-5-1-2-6-19(18)13-17)26-21-8-3-7-20(14-21)24-27-28-25(31-24)22-9-4-12-30-22/h1-14H,15-16H2,(H,26,29). The number of nitrogens with one attached hydrogen (secondary N) is 1. The van der Waals surface area contributed by atoms with Crippen LogP contribution in [0.2, 0.25) is 0 Å². The summed E-state index contributed by atoms with van der Waals surface area (Å²) >= 11 is 1.58. The number of nitrogens with zero attached hydrogens (tertiary/aromatic N) is 2. The van der Waals surface area contributed by atoms with E-state index >= 15 is 0 Å². The molecule has 3 aromatic carbocycles. The van der Waals surface area contributed by atoms with Gasteiger partial charge in [0.15, 0.2) is 5.76 Å². The second-order valence-corrected chi connectivity index (χ2v) is 8.18. The summed E-state index contributed by atoms with van der Waals surface area (Å²) in [5.74, 6) is 2.25. The van der Waals surface area contributed by atoms with Crippen LogP contribution in [0.4, 0.5) is 5.69 Å². The van der Waals surface area contributed by atoms with E-state index in [1.165, 1.54) is 16.3 Å². The van der Waals surface area contributed by atoms with Crippen LogP contribution in [0.1, 0.15) is 5.56 Å². The number of fused-ring (bicyclic) bond motifs is 1. The minimum atomic E-state index is -0.0604. The number of furan rings is 1. The molecule has 1 N–H and O–H groups in total. The molecule has 0 saturated heterocycles. The Balaban J connectivity index is 1.18. The molecule has 6 nitrogen and oxygen atoms in total. The van der Waals surface area contributed by atoms with Crippen LogP contribution in [0.3, 0.4) is 0 Å². The van der Waals surface area contributed by atoms with Gasteiger partial charge in [-0.05, 0) is 46.7 Å². The van der Waals surface area contributed by atoms with Crippen molar-refractivity contribution in [1.29, 1.82) is 0 Å². The van der Waals surface area contributed by atoms with Crippen molar-refractivity contribution in [2.24, 2.45) is 0 Å². The fraction of sp³-hybridized carbons (Fsp3) is 0.0800. The lowest BCUT2D eigenvalue weighted by Gasteiger charge is -2.07. The molecule has 0 bridgehead atoms. The summed E-state index contributed by atoms with van der Waals surface area (Å²) in [4.78, 5) is 12.4. The molecule has 0 radical (unpaired) electrons. The van der Waals surface area contributed by atoms with Gasteiger partial charge in [-0.2, -0.15) is 0 Å². The lowest BCUT2D eigenvalue weighted by Crippen LogP contribution is -2.14. The van der Waals surface area contributed by atoms with Crippen molar-refractivity contribution < 1.29 is 13.6 Å². The average molecular weight is 442 g/mol. The van der Waals surface area contributed by atoms with E-state index in [-0.39, 0.29) is 5.91 Å².